The zero-order valence-corrected chi connectivity index (χ0v) is 19.5. The van der Waals surface area contributed by atoms with Gasteiger partial charge in [0.25, 0.3) is 15.9 Å². The van der Waals surface area contributed by atoms with Crippen LogP contribution in [-0.2, 0) is 10.0 Å². The standard InChI is InChI=1S/C23H30ClN3O3S/c1-17-13-18(2)16-27(15-17)12-6-11-25-23(28)21-14-19(9-10-22(21)24)26-31(29,30)20-7-4-3-5-8-20/h3-5,7-10,14,17-18,26H,6,11-13,15-16H2,1-2H3,(H,25,28)/t17-,18-/m0/s1. The smallest absolute Gasteiger partial charge is 0.261 e. The fraction of sp³-hybridized carbons (Fsp3) is 0.435. The number of nitrogens with zero attached hydrogens (tertiary/aromatic N) is 1. The zero-order valence-electron chi connectivity index (χ0n) is 18.0. The van der Waals surface area contributed by atoms with E-state index in [1.165, 1.54) is 36.8 Å². The normalized spacial score (nSPS) is 19.7. The highest BCUT2D eigenvalue weighted by Gasteiger charge is 2.21. The largest absolute Gasteiger partial charge is 0.352 e. The van der Waals surface area contributed by atoms with Gasteiger partial charge in [0.1, 0.15) is 0 Å². The van der Waals surface area contributed by atoms with E-state index in [0.717, 1.165) is 26.1 Å². The van der Waals surface area contributed by atoms with Crippen molar-refractivity contribution in [3.05, 3.63) is 59.1 Å². The van der Waals surface area contributed by atoms with E-state index < -0.39 is 10.0 Å². The van der Waals surface area contributed by atoms with Gasteiger partial charge in [-0.25, -0.2) is 8.42 Å². The number of carbonyl (C=O) groups excluding carboxylic acids is 1. The van der Waals surface area contributed by atoms with E-state index in [1.54, 1.807) is 18.2 Å². The molecule has 0 unspecified atom stereocenters. The fourth-order valence-corrected chi connectivity index (χ4v) is 5.42. The molecule has 0 aromatic heterocycles. The Balaban J connectivity index is 1.56. The minimum atomic E-state index is -3.74. The maximum atomic E-state index is 12.6. The maximum Gasteiger partial charge on any atom is 0.261 e. The minimum absolute atomic E-state index is 0.150. The Hall–Kier alpha value is -2.09. The molecular weight excluding hydrogens is 434 g/mol. The van der Waals surface area contributed by atoms with Crippen LogP contribution in [0.5, 0.6) is 0 Å². The van der Waals surface area contributed by atoms with Crippen molar-refractivity contribution >= 4 is 33.2 Å². The van der Waals surface area contributed by atoms with Gasteiger partial charge >= 0.3 is 0 Å². The number of sulfonamides is 1. The molecule has 6 nitrogen and oxygen atoms in total. The van der Waals surface area contributed by atoms with Crippen molar-refractivity contribution in [3.63, 3.8) is 0 Å². The number of carbonyl (C=O) groups is 1. The van der Waals surface area contributed by atoms with Crippen LogP contribution in [-0.4, -0.2) is 45.4 Å². The second kappa shape index (κ2) is 10.5. The van der Waals surface area contributed by atoms with Gasteiger partial charge in [-0.2, -0.15) is 0 Å². The molecule has 2 N–H and O–H groups in total. The van der Waals surface area contributed by atoms with Gasteiger partial charge in [0.15, 0.2) is 0 Å². The third-order valence-corrected chi connectivity index (χ3v) is 7.12. The second-order valence-corrected chi connectivity index (χ2v) is 10.5. The number of likely N-dealkylation sites (tertiary alicyclic amines) is 1. The number of rotatable bonds is 8. The van der Waals surface area contributed by atoms with Gasteiger partial charge in [-0.3, -0.25) is 9.52 Å². The molecule has 0 spiro atoms. The van der Waals surface area contributed by atoms with Crippen LogP contribution in [0.15, 0.2) is 53.4 Å². The summed E-state index contributed by atoms with van der Waals surface area (Å²) >= 11 is 6.20. The Morgan fingerprint density at radius 1 is 1.10 bits per heavy atom. The first-order chi connectivity index (χ1) is 14.7. The van der Waals surface area contributed by atoms with E-state index in [-0.39, 0.29) is 27.1 Å². The molecule has 31 heavy (non-hydrogen) atoms. The Bertz CT molecular complexity index is 988. The van der Waals surface area contributed by atoms with Gasteiger partial charge in [0.2, 0.25) is 0 Å². The number of nitrogens with one attached hydrogen (secondary N) is 2. The second-order valence-electron chi connectivity index (χ2n) is 8.43. The summed E-state index contributed by atoms with van der Waals surface area (Å²) in [6, 6.07) is 12.6. The molecule has 2 atom stereocenters. The molecule has 1 aliphatic heterocycles. The lowest BCUT2D eigenvalue weighted by atomic mass is 9.92. The lowest BCUT2D eigenvalue weighted by Gasteiger charge is -2.34. The van der Waals surface area contributed by atoms with E-state index >= 15 is 0 Å². The van der Waals surface area contributed by atoms with E-state index in [2.05, 4.69) is 28.8 Å². The summed E-state index contributed by atoms with van der Waals surface area (Å²) in [6.45, 7) is 8.26. The molecule has 1 fully saturated rings. The summed E-state index contributed by atoms with van der Waals surface area (Å²) in [5.41, 5.74) is 0.532. The maximum absolute atomic E-state index is 12.6. The van der Waals surface area contributed by atoms with Crippen LogP contribution in [0.1, 0.15) is 37.0 Å². The molecule has 1 aliphatic rings. The molecule has 1 saturated heterocycles. The fourth-order valence-electron chi connectivity index (χ4n) is 4.15. The molecule has 8 heteroatoms. The molecule has 0 bridgehead atoms. The number of benzene rings is 2. The van der Waals surface area contributed by atoms with Gasteiger partial charge < -0.3 is 10.2 Å². The van der Waals surface area contributed by atoms with Crippen molar-refractivity contribution in [1.29, 1.82) is 0 Å². The first-order valence-electron chi connectivity index (χ1n) is 10.6. The van der Waals surface area contributed by atoms with Crippen LogP contribution >= 0.6 is 11.6 Å². The molecule has 1 amide bonds. The van der Waals surface area contributed by atoms with Gasteiger partial charge in [0.05, 0.1) is 15.5 Å². The summed E-state index contributed by atoms with van der Waals surface area (Å²) < 4.78 is 27.6. The van der Waals surface area contributed by atoms with Gasteiger partial charge in [-0.1, -0.05) is 43.6 Å². The molecule has 2 aromatic rings. The molecular formula is C23H30ClN3O3S. The highest BCUT2D eigenvalue weighted by atomic mass is 35.5. The summed E-state index contributed by atoms with van der Waals surface area (Å²) in [4.78, 5) is 15.2. The monoisotopic (exact) mass is 463 g/mol. The summed E-state index contributed by atoms with van der Waals surface area (Å²) in [5.74, 6) is 1.10. The number of anilines is 1. The van der Waals surface area contributed by atoms with Crippen molar-refractivity contribution in [1.82, 2.24) is 10.2 Å². The SMILES string of the molecule is C[C@H]1C[C@H](C)CN(CCCNC(=O)c2cc(NS(=O)(=O)c3ccccc3)ccc2Cl)C1. The third-order valence-electron chi connectivity index (χ3n) is 5.40. The Morgan fingerprint density at radius 2 is 1.77 bits per heavy atom. The van der Waals surface area contributed by atoms with Crippen molar-refractivity contribution < 1.29 is 13.2 Å². The molecule has 1 heterocycles. The summed E-state index contributed by atoms with van der Waals surface area (Å²) in [7, 11) is -3.74. The van der Waals surface area contributed by atoms with Crippen molar-refractivity contribution in [2.45, 2.75) is 31.6 Å². The quantitative estimate of drug-likeness (QED) is 0.574. The van der Waals surface area contributed by atoms with Gasteiger partial charge in [0, 0.05) is 25.3 Å². The topological polar surface area (TPSA) is 78.5 Å². The lowest BCUT2D eigenvalue weighted by molar-refractivity contribution is 0.0947. The predicted octanol–water partition coefficient (Wildman–Crippen LogP) is 4.24. The average molecular weight is 464 g/mol. The summed E-state index contributed by atoms with van der Waals surface area (Å²) in [6.07, 6.45) is 2.12. The van der Waals surface area contributed by atoms with Crippen LogP contribution in [0.25, 0.3) is 0 Å². The van der Waals surface area contributed by atoms with Crippen LogP contribution < -0.4 is 10.0 Å². The average Bonchev–Trinajstić information content (AvgIpc) is 2.72. The first-order valence-corrected chi connectivity index (χ1v) is 12.5. The Morgan fingerprint density at radius 3 is 2.45 bits per heavy atom. The van der Waals surface area contributed by atoms with Crippen LogP contribution in [0.2, 0.25) is 5.02 Å². The number of hydrogen-bond donors (Lipinski definition) is 2. The Labute approximate surface area is 190 Å². The van der Waals surface area contributed by atoms with Crippen molar-refractivity contribution in [3.8, 4) is 0 Å². The van der Waals surface area contributed by atoms with Crippen molar-refractivity contribution in [2.75, 3.05) is 30.9 Å². The highest BCUT2D eigenvalue weighted by Crippen LogP contribution is 2.23. The van der Waals surface area contributed by atoms with E-state index in [9.17, 15) is 13.2 Å². The van der Waals surface area contributed by atoms with Gasteiger partial charge in [-0.15, -0.1) is 0 Å². The molecule has 0 aliphatic carbocycles. The molecule has 0 radical (unpaired) electrons. The molecule has 0 saturated carbocycles. The predicted molar refractivity (Wildman–Crippen MR) is 125 cm³/mol. The van der Waals surface area contributed by atoms with E-state index in [0.29, 0.717) is 18.4 Å². The molecule has 3 rings (SSSR count). The van der Waals surface area contributed by atoms with Crippen LogP contribution in [0.3, 0.4) is 0 Å². The van der Waals surface area contributed by atoms with Crippen LogP contribution in [0, 0.1) is 11.8 Å². The third kappa shape index (κ3) is 6.69. The van der Waals surface area contributed by atoms with Gasteiger partial charge in [-0.05, 0) is 61.6 Å². The van der Waals surface area contributed by atoms with E-state index in [4.69, 9.17) is 11.6 Å². The zero-order chi connectivity index (χ0) is 22.4. The van der Waals surface area contributed by atoms with E-state index in [1.807, 2.05) is 0 Å². The molecule has 168 valence electrons. The Kier molecular flexibility index (Phi) is 7.97. The number of halogens is 1. The number of hydrogen-bond acceptors (Lipinski definition) is 4. The number of amides is 1. The van der Waals surface area contributed by atoms with Crippen molar-refractivity contribution in [2.24, 2.45) is 11.8 Å². The highest BCUT2D eigenvalue weighted by molar-refractivity contribution is 7.92. The number of piperidine rings is 1. The first kappa shape index (κ1) is 23.6. The minimum Gasteiger partial charge on any atom is -0.352 e. The van der Waals surface area contributed by atoms with Crippen LogP contribution in [0.4, 0.5) is 5.69 Å². The lowest BCUT2D eigenvalue weighted by Crippen LogP contribution is -2.40. The molecule has 2 aromatic carbocycles. The summed E-state index contributed by atoms with van der Waals surface area (Å²) in [5, 5.41) is 3.17.